The average molecular weight is 1120 g/mol. The molecule has 0 aromatic carbocycles. The van der Waals surface area contributed by atoms with Gasteiger partial charge in [-0.15, -0.1) is 0 Å². The maximum absolute atomic E-state index is 12.9. The van der Waals surface area contributed by atoms with Crippen LogP contribution in [0.2, 0.25) is 0 Å². The number of hydrogen-bond donors (Lipinski definition) is 0. The minimum absolute atomic E-state index is 0.104. The Bertz CT molecular complexity index is 1670. The van der Waals surface area contributed by atoms with Crippen molar-refractivity contribution in [1.29, 1.82) is 0 Å². The number of carbonyl (C=O) groups is 3. The first kappa shape index (κ1) is 76.8. The molecule has 0 rings (SSSR count). The molecule has 1 atom stereocenters. The highest BCUT2D eigenvalue weighted by atomic mass is 16.6. The van der Waals surface area contributed by atoms with E-state index in [0.29, 0.717) is 19.3 Å². The fraction of sp³-hybridized carbons (Fsp3) is 0.693. The Balaban J connectivity index is 4.43. The summed E-state index contributed by atoms with van der Waals surface area (Å²) < 4.78 is 16.9. The third-order valence-electron chi connectivity index (χ3n) is 14.5. The summed E-state index contributed by atoms with van der Waals surface area (Å²) in [7, 11) is 0. The van der Waals surface area contributed by atoms with E-state index in [1.165, 1.54) is 141 Å². The van der Waals surface area contributed by atoms with Gasteiger partial charge in [0.1, 0.15) is 13.2 Å². The van der Waals surface area contributed by atoms with Gasteiger partial charge in [-0.3, -0.25) is 14.4 Å². The molecule has 81 heavy (non-hydrogen) atoms. The summed E-state index contributed by atoms with van der Waals surface area (Å²) in [6, 6.07) is 0. The maximum atomic E-state index is 12.9. The first-order chi connectivity index (χ1) is 40.0. The van der Waals surface area contributed by atoms with Crippen LogP contribution in [0.5, 0.6) is 0 Å². The van der Waals surface area contributed by atoms with Crippen LogP contribution >= 0.6 is 0 Å². The van der Waals surface area contributed by atoms with Crippen LogP contribution in [0.4, 0.5) is 0 Å². The quantitative estimate of drug-likeness (QED) is 0.0261. The van der Waals surface area contributed by atoms with Crippen molar-refractivity contribution in [3.63, 3.8) is 0 Å². The summed E-state index contributed by atoms with van der Waals surface area (Å²) in [6.07, 6.45) is 95.1. The molecule has 6 nitrogen and oxygen atoms in total. The Morgan fingerprint density at radius 2 is 0.481 bits per heavy atom. The average Bonchev–Trinajstić information content (AvgIpc) is 3.47. The van der Waals surface area contributed by atoms with E-state index in [9.17, 15) is 14.4 Å². The number of ether oxygens (including phenoxy) is 3. The van der Waals surface area contributed by atoms with Gasteiger partial charge in [0.25, 0.3) is 0 Å². The van der Waals surface area contributed by atoms with Crippen LogP contribution in [0.1, 0.15) is 316 Å². The van der Waals surface area contributed by atoms with Gasteiger partial charge in [-0.05, 0) is 109 Å². The molecule has 0 fully saturated rings. The molecule has 0 saturated heterocycles. The first-order valence-electron chi connectivity index (χ1n) is 34.0. The molecule has 0 aromatic heterocycles. The van der Waals surface area contributed by atoms with Crippen LogP contribution in [-0.2, 0) is 28.6 Å². The molecule has 462 valence electrons. The van der Waals surface area contributed by atoms with Crippen molar-refractivity contribution < 1.29 is 28.6 Å². The lowest BCUT2D eigenvalue weighted by Gasteiger charge is -2.18. The summed E-state index contributed by atoms with van der Waals surface area (Å²) in [6.45, 7) is 6.39. The normalized spacial score (nSPS) is 12.9. The Morgan fingerprint density at radius 3 is 0.778 bits per heavy atom. The lowest BCUT2D eigenvalue weighted by Crippen LogP contribution is -2.30. The summed E-state index contributed by atoms with van der Waals surface area (Å²) >= 11 is 0. The third-order valence-corrected chi connectivity index (χ3v) is 14.5. The molecule has 0 aliphatic rings. The Labute approximate surface area is 501 Å². The predicted octanol–water partition coefficient (Wildman–Crippen LogP) is 23.6. The lowest BCUT2D eigenvalue weighted by atomic mass is 10.0. The highest BCUT2D eigenvalue weighted by molar-refractivity contribution is 5.71. The molecule has 0 aliphatic carbocycles. The second kappa shape index (κ2) is 68.3. The van der Waals surface area contributed by atoms with E-state index in [-0.39, 0.29) is 37.5 Å². The van der Waals surface area contributed by atoms with Gasteiger partial charge < -0.3 is 14.2 Å². The zero-order valence-electron chi connectivity index (χ0n) is 53.0. The molecule has 0 spiro atoms. The second-order valence-electron chi connectivity index (χ2n) is 22.3. The Morgan fingerprint density at radius 1 is 0.259 bits per heavy atom. The molecule has 0 bridgehead atoms. The van der Waals surface area contributed by atoms with E-state index in [1.54, 1.807) is 0 Å². The van der Waals surface area contributed by atoms with Crippen molar-refractivity contribution in [3.05, 3.63) is 122 Å². The summed E-state index contributed by atoms with van der Waals surface area (Å²) in [5, 5.41) is 0. The summed E-state index contributed by atoms with van der Waals surface area (Å²) in [5.41, 5.74) is 0. The van der Waals surface area contributed by atoms with Gasteiger partial charge in [0.05, 0.1) is 0 Å². The number of esters is 3. The molecule has 0 aromatic rings. The highest BCUT2D eigenvalue weighted by Gasteiger charge is 2.19. The first-order valence-corrected chi connectivity index (χ1v) is 34.0. The molecular weight excluding hydrogens is 997 g/mol. The van der Waals surface area contributed by atoms with E-state index >= 15 is 0 Å². The minimum Gasteiger partial charge on any atom is -0.462 e. The molecule has 0 saturated carbocycles. The number of hydrogen-bond acceptors (Lipinski definition) is 6. The molecule has 0 radical (unpaired) electrons. The van der Waals surface area contributed by atoms with Crippen LogP contribution in [0, 0.1) is 0 Å². The van der Waals surface area contributed by atoms with Crippen molar-refractivity contribution in [3.8, 4) is 0 Å². The van der Waals surface area contributed by atoms with Gasteiger partial charge in [0.2, 0.25) is 0 Å². The number of carbonyl (C=O) groups excluding carboxylic acids is 3. The van der Waals surface area contributed by atoms with E-state index < -0.39 is 6.10 Å². The zero-order valence-corrected chi connectivity index (χ0v) is 53.0. The molecule has 6 heteroatoms. The van der Waals surface area contributed by atoms with Crippen LogP contribution in [0.25, 0.3) is 0 Å². The van der Waals surface area contributed by atoms with Gasteiger partial charge in [-0.1, -0.05) is 309 Å². The lowest BCUT2D eigenvalue weighted by molar-refractivity contribution is -0.167. The molecular formula is C75H126O6. The van der Waals surface area contributed by atoms with Gasteiger partial charge in [0, 0.05) is 19.3 Å². The van der Waals surface area contributed by atoms with E-state index in [2.05, 4.69) is 142 Å². The van der Waals surface area contributed by atoms with E-state index in [0.717, 1.165) is 128 Å². The smallest absolute Gasteiger partial charge is 0.306 e. The summed E-state index contributed by atoms with van der Waals surface area (Å²) in [5.74, 6) is -0.963. The minimum atomic E-state index is -0.816. The van der Waals surface area contributed by atoms with Crippen LogP contribution in [0.3, 0.4) is 0 Å². The van der Waals surface area contributed by atoms with Gasteiger partial charge in [0.15, 0.2) is 6.10 Å². The highest BCUT2D eigenvalue weighted by Crippen LogP contribution is 2.17. The van der Waals surface area contributed by atoms with E-state index in [1.807, 2.05) is 0 Å². The second-order valence-corrected chi connectivity index (χ2v) is 22.3. The zero-order chi connectivity index (χ0) is 58.5. The largest absolute Gasteiger partial charge is 0.462 e. The number of unbranched alkanes of at least 4 members (excludes halogenated alkanes) is 30. The molecule has 0 heterocycles. The SMILES string of the molecule is CC/C=C\C/C=C\C/C=C\C/C=C\C/C=C\C/C=C\CCCCC(=O)OC(COC(=O)CCCCCC/C=C\C/C=C\C/C=C\C/C=C\CC)COC(=O)CCCCCCCCCCCCCCCCCCCCCCCCCCC. The topological polar surface area (TPSA) is 78.9 Å². The molecule has 0 aliphatic heterocycles. The number of allylic oxidation sites excluding steroid dienone is 20. The Kier molecular flexibility index (Phi) is 64.8. The van der Waals surface area contributed by atoms with Crippen molar-refractivity contribution >= 4 is 17.9 Å². The monoisotopic (exact) mass is 1120 g/mol. The molecule has 0 N–H and O–H groups in total. The van der Waals surface area contributed by atoms with Crippen molar-refractivity contribution in [2.45, 2.75) is 322 Å². The van der Waals surface area contributed by atoms with Crippen molar-refractivity contribution in [1.82, 2.24) is 0 Å². The fourth-order valence-corrected chi connectivity index (χ4v) is 9.44. The molecule has 0 amide bonds. The summed E-state index contributed by atoms with van der Waals surface area (Å²) in [4.78, 5) is 38.4. The van der Waals surface area contributed by atoms with Crippen LogP contribution in [0.15, 0.2) is 122 Å². The molecule has 1 unspecified atom stereocenters. The number of rotatable bonds is 61. The van der Waals surface area contributed by atoms with Crippen LogP contribution in [-0.4, -0.2) is 37.2 Å². The third kappa shape index (κ3) is 66.5. The maximum Gasteiger partial charge on any atom is 0.306 e. The van der Waals surface area contributed by atoms with Crippen LogP contribution < -0.4 is 0 Å². The van der Waals surface area contributed by atoms with Crippen molar-refractivity contribution in [2.24, 2.45) is 0 Å². The fourth-order valence-electron chi connectivity index (χ4n) is 9.44. The standard InChI is InChI=1S/C75H126O6/c1-4-7-10-13-16-19-22-25-28-31-33-35-36-37-38-40-41-44-47-50-53-56-59-62-65-68-74(77)80-71-72(70-79-73(76)67-64-61-58-55-52-49-46-43-30-27-24-21-18-15-12-9-6-3)81-75(78)69-66-63-60-57-54-51-48-45-42-39-34-32-29-26-23-20-17-14-11-8-5-2/h8-9,11-12,17-18,20-21,26-27,29-30,34,39,45-46,48-49,54,57,72H,4-7,10,13-16,19,22-25,28,31-33,35-38,40-44,47,50-53,55-56,58-71H2,1-3H3/b11-8-,12-9-,20-17-,21-18-,29-26-,30-27-,39-34-,48-45-,49-46-,57-54-. The predicted molar refractivity (Wildman–Crippen MR) is 353 cm³/mol. The van der Waals surface area contributed by atoms with Gasteiger partial charge in [-0.2, -0.15) is 0 Å². The Hall–Kier alpha value is -4.19. The van der Waals surface area contributed by atoms with Gasteiger partial charge in [-0.25, -0.2) is 0 Å². The van der Waals surface area contributed by atoms with E-state index in [4.69, 9.17) is 14.2 Å². The van der Waals surface area contributed by atoms with Crippen molar-refractivity contribution in [2.75, 3.05) is 13.2 Å². The van der Waals surface area contributed by atoms with Gasteiger partial charge >= 0.3 is 17.9 Å².